The summed E-state index contributed by atoms with van der Waals surface area (Å²) in [6.45, 7) is 3.75. The van der Waals surface area contributed by atoms with Gasteiger partial charge in [-0.25, -0.2) is 0 Å². The Balaban J connectivity index is 2.53. The Morgan fingerprint density at radius 3 is 2.83 bits per heavy atom. The highest BCUT2D eigenvalue weighted by Gasteiger charge is 2.33. The number of rotatable bonds is 3. The molecule has 0 radical (unpaired) electrons. The second kappa shape index (κ2) is 4.68. The Hall–Kier alpha value is -2.04. The molecule has 0 aromatic carbocycles. The summed E-state index contributed by atoms with van der Waals surface area (Å²) in [5.41, 5.74) is -0.762. The van der Waals surface area contributed by atoms with Crippen molar-refractivity contribution in [2.75, 3.05) is 0 Å². The number of unbranched alkanes of at least 4 members (excludes halogenated alkanes) is 1. The fourth-order valence-electron chi connectivity index (χ4n) is 1.88. The number of amides is 1. The summed E-state index contributed by atoms with van der Waals surface area (Å²) < 4.78 is 5.44. The minimum Gasteiger partial charge on any atom is -0.502 e. The molecule has 1 aromatic rings. The second-order valence-electron chi connectivity index (χ2n) is 4.27. The van der Waals surface area contributed by atoms with E-state index in [0.717, 1.165) is 12.8 Å². The normalized spacial score (nSPS) is 18.1. The van der Waals surface area contributed by atoms with Gasteiger partial charge in [0, 0.05) is 0 Å². The fraction of sp³-hybridized carbons (Fsp3) is 0.385. The highest BCUT2D eigenvalue weighted by Crippen LogP contribution is 2.27. The average molecular weight is 249 g/mol. The number of hydrogen-bond donors (Lipinski definition) is 2. The molecule has 5 heteroatoms. The van der Waals surface area contributed by atoms with Crippen LogP contribution >= 0.6 is 0 Å². The lowest BCUT2D eigenvalue weighted by Gasteiger charge is -2.04. The van der Waals surface area contributed by atoms with E-state index in [1.54, 1.807) is 13.0 Å². The summed E-state index contributed by atoms with van der Waals surface area (Å²) in [4.78, 5) is 23.4. The van der Waals surface area contributed by atoms with Gasteiger partial charge in [0.25, 0.3) is 5.91 Å². The Kier molecular flexibility index (Phi) is 3.23. The molecule has 2 heterocycles. The van der Waals surface area contributed by atoms with Crippen molar-refractivity contribution in [3.63, 3.8) is 0 Å². The van der Waals surface area contributed by atoms with Crippen LogP contribution in [-0.2, 0) is 0 Å². The topological polar surface area (TPSA) is 79.5 Å². The minimum absolute atomic E-state index is 0.0901. The molecule has 0 spiro atoms. The summed E-state index contributed by atoms with van der Waals surface area (Å²) in [6.07, 6.45) is 5.17. The first-order valence-electron chi connectivity index (χ1n) is 5.93. The number of aromatic hydroxyl groups is 1. The van der Waals surface area contributed by atoms with Gasteiger partial charge in [0.15, 0.2) is 5.76 Å². The van der Waals surface area contributed by atoms with Crippen LogP contribution in [0.25, 0.3) is 6.08 Å². The van der Waals surface area contributed by atoms with Gasteiger partial charge in [-0.2, -0.15) is 0 Å². The van der Waals surface area contributed by atoms with Crippen LogP contribution in [0, 0.1) is 0 Å². The first-order chi connectivity index (χ1) is 8.56. The number of carbonyl (C=O) groups excluding carboxylic acids is 1. The SMILES string of the molecule is CCC/C=C/c1oc2c(c(=O)c1O)C(=O)NC2C. The van der Waals surface area contributed by atoms with E-state index in [0.29, 0.717) is 5.76 Å². The van der Waals surface area contributed by atoms with Crippen LogP contribution in [-0.4, -0.2) is 11.0 Å². The van der Waals surface area contributed by atoms with E-state index in [2.05, 4.69) is 5.32 Å². The molecule has 5 nitrogen and oxygen atoms in total. The smallest absolute Gasteiger partial charge is 0.259 e. The molecule has 0 saturated heterocycles. The summed E-state index contributed by atoms with van der Waals surface area (Å²) >= 11 is 0. The Morgan fingerprint density at radius 1 is 1.44 bits per heavy atom. The third-order valence-corrected chi connectivity index (χ3v) is 2.83. The van der Waals surface area contributed by atoms with Crippen LogP contribution in [0.2, 0.25) is 0 Å². The zero-order valence-electron chi connectivity index (χ0n) is 10.3. The zero-order chi connectivity index (χ0) is 13.3. The zero-order valence-corrected chi connectivity index (χ0v) is 10.3. The van der Waals surface area contributed by atoms with E-state index < -0.39 is 17.1 Å². The maximum absolute atomic E-state index is 11.9. The predicted octanol–water partition coefficient (Wildman–Crippen LogP) is 1.96. The summed E-state index contributed by atoms with van der Waals surface area (Å²) in [6, 6.07) is -0.348. The van der Waals surface area contributed by atoms with Gasteiger partial charge in [0.1, 0.15) is 11.3 Å². The Morgan fingerprint density at radius 2 is 2.17 bits per heavy atom. The van der Waals surface area contributed by atoms with E-state index >= 15 is 0 Å². The predicted molar refractivity (Wildman–Crippen MR) is 66.5 cm³/mol. The average Bonchev–Trinajstić information content (AvgIpc) is 2.61. The van der Waals surface area contributed by atoms with Gasteiger partial charge in [0.05, 0.1) is 6.04 Å². The van der Waals surface area contributed by atoms with Crippen LogP contribution in [0.15, 0.2) is 15.3 Å². The molecule has 18 heavy (non-hydrogen) atoms. The van der Waals surface area contributed by atoms with Crippen LogP contribution in [0.1, 0.15) is 54.6 Å². The standard InChI is InChI=1S/C13H15NO4/c1-3-4-5-6-8-10(15)11(16)9-12(18-8)7(2)14-13(9)17/h5-7,15H,3-4H2,1-2H3,(H,14,17)/b6-5+. The molecule has 1 atom stereocenters. The Labute approximate surface area is 104 Å². The van der Waals surface area contributed by atoms with Crippen molar-refractivity contribution in [3.8, 4) is 5.75 Å². The molecular weight excluding hydrogens is 234 g/mol. The monoisotopic (exact) mass is 249 g/mol. The molecule has 1 aliphatic heterocycles. The van der Waals surface area contributed by atoms with Crippen molar-refractivity contribution in [3.05, 3.63) is 33.4 Å². The highest BCUT2D eigenvalue weighted by atomic mass is 16.4. The second-order valence-corrected chi connectivity index (χ2v) is 4.27. The molecule has 96 valence electrons. The van der Waals surface area contributed by atoms with Crippen molar-refractivity contribution in [1.29, 1.82) is 0 Å². The maximum atomic E-state index is 11.9. The van der Waals surface area contributed by atoms with Crippen molar-refractivity contribution < 1.29 is 14.3 Å². The van der Waals surface area contributed by atoms with Gasteiger partial charge in [-0.15, -0.1) is 0 Å². The van der Waals surface area contributed by atoms with E-state index in [4.69, 9.17) is 4.42 Å². The first kappa shape index (κ1) is 12.4. The van der Waals surface area contributed by atoms with E-state index in [-0.39, 0.29) is 17.4 Å². The van der Waals surface area contributed by atoms with E-state index in [1.165, 1.54) is 0 Å². The molecular formula is C13H15NO4. The highest BCUT2D eigenvalue weighted by molar-refractivity contribution is 5.98. The Bertz CT molecular complexity index is 571. The minimum atomic E-state index is -0.672. The van der Waals surface area contributed by atoms with Crippen molar-refractivity contribution >= 4 is 12.0 Å². The molecule has 2 N–H and O–H groups in total. The van der Waals surface area contributed by atoms with Gasteiger partial charge >= 0.3 is 0 Å². The third kappa shape index (κ3) is 1.92. The summed E-state index contributed by atoms with van der Waals surface area (Å²) in [7, 11) is 0. The molecule has 1 aromatic heterocycles. The van der Waals surface area contributed by atoms with Gasteiger partial charge in [-0.05, 0) is 19.4 Å². The van der Waals surface area contributed by atoms with Crippen LogP contribution < -0.4 is 10.7 Å². The van der Waals surface area contributed by atoms with Crippen molar-refractivity contribution in [1.82, 2.24) is 5.32 Å². The van der Waals surface area contributed by atoms with Gasteiger partial charge in [-0.3, -0.25) is 9.59 Å². The van der Waals surface area contributed by atoms with Crippen LogP contribution in [0.3, 0.4) is 0 Å². The number of fused-ring (bicyclic) bond motifs is 1. The molecule has 1 unspecified atom stereocenters. The first-order valence-corrected chi connectivity index (χ1v) is 5.93. The largest absolute Gasteiger partial charge is 0.502 e. The van der Waals surface area contributed by atoms with Crippen molar-refractivity contribution in [2.45, 2.75) is 32.7 Å². The lowest BCUT2D eigenvalue weighted by molar-refractivity contribution is 0.0957. The van der Waals surface area contributed by atoms with Gasteiger partial charge in [-0.1, -0.05) is 19.4 Å². The molecule has 1 aliphatic rings. The molecule has 0 saturated carbocycles. The lowest BCUT2D eigenvalue weighted by atomic mass is 10.1. The van der Waals surface area contributed by atoms with E-state index in [1.807, 2.05) is 13.0 Å². The maximum Gasteiger partial charge on any atom is 0.259 e. The number of hydrogen-bond acceptors (Lipinski definition) is 4. The fourth-order valence-corrected chi connectivity index (χ4v) is 1.88. The molecule has 0 bridgehead atoms. The molecule has 0 aliphatic carbocycles. The van der Waals surface area contributed by atoms with Crippen molar-refractivity contribution in [2.24, 2.45) is 0 Å². The summed E-state index contributed by atoms with van der Waals surface area (Å²) in [5.74, 6) is -0.606. The van der Waals surface area contributed by atoms with Gasteiger partial charge in [0.2, 0.25) is 11.2 Å². The number of nitrogens with one attached hydrogen (secondary N) is 1. The van der Waals surface area contributed by atoms with Crippen LogP contribution in [0.4, 0.5) is 0 Å². The molecule has 1 amide bonds. The number of allylic oxidation sites excluding steroid dienone is 1. The quantitative estimate of drug-likeness (QED) is 0.858. The van der Waals surface area contributed by atoms with E-state index in [9.17, 15) is 14.7 Å². The lowest BCUT2D eigenvalue weighted by Crippen LogP contribution is -2.20. The third-order valence-electron chi connectivity index (χ3n) is 2.83. The van der Waals surface area contributed by atoms with Gasteiger partial charge < -0.3 is 14.8 Å². The summed E-state index contributed by atoms with van der Waals surface area (Å²) in [5, 5.41) is 12.3. The number of carbonyl (C=O) groups is 1. The molecule has 2 rings (SSSR count). The molecule has 0 fully saturated rings. The van der Waals surface area contributed by atoms with Crippen LogP contribution in [0.5, 0.6) is 5.75 Å².